The molecule has 0 N–H and O–H groups in total. The van der Waals surface area contributed by atoms with Crippen molar-refractivity contribution < 1.29 is 4.74 Å². The summed E-state index contributed by atoms with van der Waals surface area (Å²) in [4.78, 5) is 5.25. The smallest absolute Gasteiger partial charge is 0.0589 e. The molecule has 0 unspecified atom stereocenters. The second-order valence-electron chi connectivity index (χ2n) is 5.79. The Balaban J connectivity index is 1.70. The summed E-state index contributed by atoms with van der Waals surface area (Å²) in [5.41, 5.74) is 0. The van der Waals surface area contributed by atoms with Gasteiger partial charge in [-0.1, -0.05) is 12.8 Å². The lowest BCUT2D eigenvalue weighted by molar-refractivity contribution is 0.0524. The second kappa shape index (κ2) is 6.72. The van der Waals surface area contributed by atoms with Crippen LogP contribution in [0.5, 0.6) is 0 Å². The molecule has 2 fully saturated rings. The zero-order valence-corrected chi connectivity index (χ0v) is 11.5. The molecule has 17 heavy (non-hydrogen) atoms. The van der Waals surface area contributed by atoms with Gasteiger partial charge in [0, 0.05) is 45.9 Å². The maximum Gasteiger partial charge on any atom is 0.0589 e. The fourth-order valence-corrected chi connectivity index (χ4v) is 3.34. The molecule has 1 saturated heterocycles. The van der Waals surface area contributed by atoms with Crippen molar-refractivity contribution in [2.75, 3.05) is 46.4 Å². The van der Waals surface area contributed by atoms with Gasteiger partial charge < -0.3 is 9.64 Å². The average Bonchev–Trinajstić information content (AvgIpc) is 2.81. The van der Waals surface area contributed by atoms with Crippen molar-refractivity contribution in [1.29, 1.82) is 0 Å². The quantitative estimate of drug-likeness (QED) is 0.729. The molecule has 0 amide bonds. The Morgan fingerprint density at radius 2 is 1.94 bits per heavy atom. The number of rotatable bonds is 5. The fourth-order valence-electron chi connectivity index (χ4n) is 3.34. The van der Waals surface area contributed by atoms with E-state index in [1.165, 1.54) is 51.9 Å². The number of hydrogen-bond acceptors (Lipinski definition) is 3. The van der Waals surface area contributed by atoms with Crippen molar-refractivity contribution in [1.82, 2.24) is 9.80 Å². The summed E-state index contributed by atoms with van der Waals surface area (Å²) >= 11 is 0. The van der Waals surface area contributed by atoms with Crippen molar-refractivity contribution >= 4 is 0 Å². The summed E-state index contributed by atoms with van der Waals surface area (Å²) in [5.74, 6) is 0.993. The van der Waals surface area contributed by atoms with E-state index >= 15 is 0 Å². The lowest BCUT2D eigenvalue weighted by Crippen LogP contribution is -2.53. The highest BCUT2D eigenvalue weighted by Crippen LogP contribution is 2.26. The molecule has 2 rings (SSSR count). The third-order valence-corrected chi connectivity index (χ3v) is 4.42. The number of hydrogen-bond donors (Lipinski definition) is 0. The SMILES string of the molecule is COCCN1CCN(CC2CCCC2)C[C@@H]1C. The molecule has 0 aromatic heterocycles. The summed E-state index contributed by atoms with van der Waals surface area (Å²) < 4.78 is 5.17. The standard InChI is InChI=1S/C14H28N2O/c1-13-11-15(12-14-5-3-4-6-14)7-8-16(13)9-10-17-2/h13-14H,3-12H2,1-2H3/t13-/m0/s1. The van der Waals surface area contributed by atoms with Crippen molar-refractivity contribution in [3.8, 4) is 0 Å². The maximum atomic E-state index is 5.17. The Kier molecular flexibility index (Phi) is 5.26. The van der Waals surface area contributed by atoms with Crippen LogP contribution in [0, 0.1) is 5.92 Å². The molecular formula is C14H28N2O. The first-order valence-electron chi connectivity index (χ1n) is 7.25. The Labute approximate surface area is 106 Å². The summed E-state index contributed by atoms with van der Waals surface area (Å²) in [5, 5.41) is 0. The highest BCUT2D eigenvalue weighted by molar-refractivity contribution is 4.81. The average molecular weight is 240 g/mol. The molecule has 3 nitrogen and oxygen atoms in total. The predicted octanol–water partition coefficient (Wildman–Crippen LogP) is 1.83. The lowest BCUT2D eigenvalue weighted by Gasteiger charge is -2.40. The Morgan fingerprint density at radius 3 is 2.59 bits per heavy atom. The van der Waals surface area contributed by atoms with E-state index in [1.807, 2.05) is 0 Å². The van der Waals surface area contributed by atoms with Gasteiger partial charge in [0.1, 0.15) is 0 Å². The van der Waals surface area contributed by atoms with Crippen LogP contribution in [0.1, 0.15) is 32.6 Å². The largest absolute Gasteiger partial charge is 0.383 e. The van der Waals surface area contributed by atoms with E-state index in [1.54, 1.807) is 7.11 Å². The molecule has 0 spiro atoms. The molecule has 1 aliphatic carbocycles. The normalized spacial score (nSPS) is 28.9. The highest BCUT2D eigenvalue weighted by Gasteiger charge is 2.25. The van der Waals surface area contributed by atoms with Crippen LogP contribution >= 0.6 is 0 Å². The van der Waals surface area contributed by atoms with Gasteiger partial charge >= 0.3 is 0 Å². The molecule has 3 heteroatoms. The summed E-state index contributed by atoms with van der Waals surface area (Å²) in [7, 11) is 1.79. The minimum absolute atomic E-state index is 0.695. The van der Waals surface area contributed by atoms with Crippen LogP contribution in [0.25, 0.3) is 0 Å². The van der Waals surface area contributed by atoms with Crippen LogP contribution in [-0.4, -0.2) is 62.3 Å². The van der Waals surface area contributed by atoms with Gasteiger partial charge in [0.05, 0.1) is 6.61 Å². The van der Waals surface area contributed by atoms with Crippen LogP contribution in [-0.2, 0) is 4.74 Å². The van der Waals surface area contributed by atoms with Gasteiger partial charge in [-0.25, -0.2) is 0 Å². The minimum Gasteiger partial charge on any atom is -0.383 e. The Hall–Kier alpha value is -0.120. The van der Waals surface area contributed by atoms with Crippen molar-refractivity contribution in [2.45, 2.75) is 38.6 Å². The van der Waals surface area contributed by atoms with Gasteiger partial charge in [-0.15, -0.1) is 0 Å². The number of piperazine rings is 1. The molecule has 0 aromatic rings. The van der Waals surface area contributed by atoms with Gasteiger partial charge in [-0.2, -0.15) is 0 Å². The van der Waals surface area contributed by atoms with Crippen LogP contribution < -0.4 is 0 Å². The van der Waals surface area contributed by atoms with Gasteiger partial charge in [-0.05, 0) is 25.7 Å². The zero-order valence-electron chi connectivity index (χ0n) is 11.5. The molecule has 1 aliphatic heterocycles. The third-order valence-electron chi connectivity index (χ3n) is 4.42. The van der Waals surface area contributed by atoms with Crippen molar-refractivity contribution in [2.24, 2.45) is 5.92 Å². The predicted molar refractivity (Wildman–Crippen MR) is 71.3 cm³/mol. The second-order valence-corrected chi connectivity index (χ2v) is 5.79. The highest BCUT2D eigenvalue weighted by atomic mass is 16.5. The molecule has 100 valence electrons. The van der Waals surface area contributed by atoms with Gasteiger partial charge in [-0.3, -0.25) is 4.90 Å². The van der Waals surface area contributed by atoms with E-state index in [2.05, 4.69) is 16.7 Å². The number of ether oxygens (including phenoxy) is 1. The number of methoxy groups -OCH3 is 1. The topological polar surface area (TPSA) is 15.7 Å². The summed E-state index contributed by atoms with van der Waals surface area (Å²) in [6.07, 6.45) is 5.87. The molecule has 0 radical (unpaired) electrons. The van der Waals surface area contributed by atoms with E-state index in [4.69, 9.17) is 4.74 Å². The van der Waals surface area contributed by atoms with Crippen molar-refractivity contribution in [3.63, 3.8) is 0 Å². The van der Waals surface area contributed by atoms with E-state index in [0.717, 1.165) is 19.1 Å². The van der Waals surface area contributed by atoms with Crippen LogP contribution in [0.2, 0.25) is 0 Å². The van der Waals surface area contributed by atoms with Gasteiger partial charge in [0.15, 0.2) is 0 Å². The molecular weight excluding hydrogens is 212 g/mol. The molecule has 2 aliphatic rings. The van der Waals surface area contributed by atoms with Crippen LogP contribution in [0.15, 0.2) is 0 Å². The Morgan fingerprint density at radius 1 is 1.18 bits per heavy atom. The van der Waals surface area contributed by atoms with Crippen LogP contribution in [0.4, 0.5) is 0 Å². The van der Waals surface area contributed by atoms with Gasteiger partial charge in [0.2, 0.25) is 0 Å². The summed E-state index contributed by atoms with van der Waals surface area (Å²) in [6.45, 7) is 9.39. The minimum atomic E-state index is 0.695. The summed E-state index contributed by atoms with van der Waals surface area (Å²) in [6, 6.07) is 0.695. The first kappa shape index (κ1) is 13.3. The lowest BCUT2D eigenvalue weighted by atomic mass is 10.1. The first-order chi connectivity index (χ1) is 8.29. The first-order valence-corrected chi connectivity index (χ1v) is 7.25. The fraction of sp³-hybridized carbons (Fsp3) is 1.00. The van der Waals surface area contributed by atoms with E-state index in [0.29, 0.717) is 6.04 Å². The molecule has 1 atom stereocenters. The number of nitrogens with zero attached hydrogens (tertiary/aromatic N) is 2. The Bertz CT molecular complexity index is 216. The third kappa shape index (κ3) is 3.94. The van der Waals surface area contributed by atoms with E-state index < -0.39 is 0 Å². The molecule has 0 aromatic carbocycles. The van der Waals surface area contributed by atoms with Crippen molar-refractivity contribution in [3.05, 3.63) is 0 Å². The van der Waals surface area contributed by atoms with E-state index in [9.17, 15) is 0 Å². The zero-order chi connectivity index (χ0) is 12.1. The molecule has 1 heterocycles. The van der Waals surface area contributed by atoms with E-state index in [-0.39, 0.29) is 0 Å². The molecule has 0 bridgehead atoms. The van der Waals surface area contributed by atoms with Gasteiger partial charge in [0.25, 0.3) is 0 Å². The van der Waals surface area contributed by atoms with Crippen LogP contribution in [0.3, 0.4) is 0 Å². The molecule has 1 saturated carbocycles. The maximum absolute atomic E-state index is 5.17. The monoisotopic (exact) mass is 240 g/mol.